The molecular formula is C17H15Cl2N5O2. The highest BCUT2D eigenvalue weighted by Gasteiger charge is 2.17. The molecule has 7 nitrogen and oxygen atoms in total. The number of nitrogens with zero attached hydrogens (tertiary/aromatic N) is 4. The number of carbonyl (C=O) groups is 1. The van der Waals surface area contributed by atoms with E-state index in [9.17, 15) is 4.79 Å². The van der Waals surface area contributed by atoms with E-state index in [1.165, 1.54) is 11.0 Å². The summed E-state index contributed by atoms with van der Waals surface area (Å²) in [6, 6.07) is 10.3. The Balaban J connectivity index is 1.72. The molecule has 0 aliphatic rings. The lowest BCUT2D eigenvalue weighted by molar-refractivity contribution is -0.122. The number of aromatic nitrogens is 4. The van der Waals surface area contributed by atoms with Gasteiger partial charge in [0.15, 0.2) is 6.10 Å². The molecule has 0 aliphatic carbocycles. The van der Waals surface area contributed by atoms with Gasteiger partial charge in [0.25, 0.3) is 5.91 Å². The summed E-state index contributed by atoms with van der Waals surface area (Å²) in [7, 11) is 0. The van der Waals surface area contributed by atoms with Gasteiger partial charge in [-0.3, -0.25) is 4.79 Å². The number of ether oxygens (including phenoxy) is 1. The van der Waals surface area contributed by atoms with Crippen LogP contribution in [0.5, 0.6) is 5.75 Å². The van der Waals surface area contributed by atoms with Crippen molar-refractivity contribution in [2.75, 3.05) is 5.32 Å². The Morgan fingerprint density at radius 3 is 2.73 bits per heavy atom. The molecule has 0 unspecified atom stereocenters. The summed E-state index contributed by atoms with van der Waals surface area (Å²) in [5, 5.41) is 14.8. The van der Waals surface area contributed by atoms with E-state index in [1.54, 1.807) is 37.3 Å². The molecule has 1 heterocycles. The molecule has 2 aromatic carbocycles. The quantitative estimate of drug-likeness (QED) is 0.716. The van der Waals surface area contributed by atoms with E-state index in [-0.39, 0.29) is 5.91 Å². The van der Waals surface area contributed by atoms with Gasteiger partial charge in [-0.1, -0.05) is 29.3 Å². The molecule has 1 aromatic heterocycles. The van der Waals surface area contributed by atoms with Crippen LogP contribution in [0.2, 0.25) is 10.0 Å². The highest BCUT2D eigenvalue weighted by Crippen LogP contribution is 2.28. The topological polar surface area (TPSA) is 81.9 Å². The summed E-state index contributed by atoms with van der Waals surface area (Å²) in [5.74, 6) is 0.0690. The van der Waals surface area contributed by atoms with Gasteiger partial charge in [0, 0.05) is 10.7 Å². The second-order valence-corrected chi connectivity index (χ2v) is 6.42. The predicted octanol–water partition coefficient (Wildman–Crippen LogP) is 3.68. The Bertz CT molecular complexity index is 931. The zero-order chi connectivity index (χ0) is 18.7. The molecule has 1 N–H and O–H groups in total. The fourth-order valence-electron chi connectivity index (χ4n) is 2.26. The van der Waals surface area contributed by atoms with Gasteiger partial charge in [0.2, 0.25) is 0 Å². The Morgan fingerprint density at radius 2 is 2.04 bits per heavy atom. The molecule has 0 bridgehead atoms. The first-order valence-electron chi connectivity index (χ1n) is 7.70. The number of carbonyl (C=O) groups excluding carboxylic acids is 1. The van der Waals surface area contributed by atoms with Gasteiger partial charge < -0.3 is 10.1 Å². The van der Waals surface area contributed by atoms with Gasteiger partial charge in [0.05, 0.1) is 10.7 Å². The summed E-state index contributed by atoms with van der Waals surface area (Å²) in [6.07, 6.45) is 0.730. The number of tetrazole rings is 1. The molecule has 3 rings (SSSR count). The number of hydrogen-bond acceptors (Lipinski definition) is 5. The fourth-order valence-corrected chi connectivity index (χ4v) is 2.72. The van der Waals surface area contributed by atoms with Crippen molar-refractivity contribution < 1.29 is 9.53 Å². The minimum absolute atomic E-state index is 0.317. The molecule has 3 aromatic rings. The Morgan fingerprint density at radius 1 is 1.23 bits per heavy atom. The fraction of sp³-hybridized carbons (Fsp3) is 0.176. The average molecular weight is 392 g/mol. The minimum atomic E-state index is -0.758. The Kier molecular flexibility index (Phi) is 5.39. The first-order valence-corrected chi connectivity index (χ1v) is 8.46. The standard InChI is InChI=1S/C17H15Cl2N5O2/c1-10-3-5-13(8-15(10)24-9-20-22-23-24)21-17(25)11(2)26-16-6-4-12(18)7-14(16)19/h3-9,11H,1-2H3,(H,21,25)/t11-/m1/s1. The lowest BCUT2D eigenvalue weighted by Gasteiger charge is -2.16. The summed E-state index contributed by atoms with van der Waals surface area (Å²) in [4.78, 5) is 12.4. The van der Waals surface area contributed by atoms with Gasteiger partial charge >= 0.3 is 0 Å². The van der Waals surface area contributed by atoms with Gasteiger partial charge in [0.1, 0.15) is 12.1 Å². The summed E-state index contributed by atoms with van der Waals surface area (Å²) in [6.45, 7) is 3.56. The maximum absolute atomic E-state index is 12.4. The van der Waals surface area contributed by atoms with Gasteiger partial charge in [-0.2, -0.15) is 0 Å². The monoisotopic (exact) mass is 391 g/mol. The third-order valence-corrected chi connectivity index (χ3v) is 4.17. The highest BCUT2D eigenvalue weighted by molar-refractivity contribution is 6.35. The number of rotatable bonds is 5. The minimum Gasteiger partial charge on any atom is -0.479 e. The summed E-state index contributed by atoms with van der Waals surface area (Å²) in [5.41, 5.74) is 2.33. The van der Waals surface area contributed by atoms with E-state index < -0.39 is 6.10 Å². The smallest absolute Gasteiger partial charge is 0.265 e. The van der Waals surface area contributed by atoms with Crippen molar-refractivity contribution in [2.24, 2.45) is 0 Å². The Hall–Kier alpha value is -2.64. The van der Waals surface area contributed by atoms with Crippen LogP contribution in [0.25, 0.3) is 5.69 Å². The highest BCUT2D eigenvalue weighted by atomic mass is 35.5. The van der Waals surface area contributed by atoms with Crippen LogP contribution in [0, 0.1) is 6.92 Å². The van der Waals surface area contributed by atoms with Gasteiger partial charge in [-0.05, 0) is 60.2 Å². The molecular weight excluding hydrogens is 377 g/mol. The second-order valence-electron chi connectivity index (χ2n) is 5.58. The van der Waals surface area contributed by atoms with Crippen LogP contribution in [0.15, 0.2) is 42.7 Å². The van der Waals surface area contributed by atoms with Gasteiger partial charge in [-0.15, -0.1) is 5.10 Å². The lowest BCUT2D eigenvalue weighted by Crippen LogP contribution is -2.30. The largest absolute Gasteiger partial charge is 0.479 e. The molecule has 9 heteroatoms. The third-order valence-electron chi connectivity index (χ3n) is 3.64. The van der Waals surface area contributed by atoms with Crippen LogP contribution in [-0.4, -0.2) is 32.2 Å². The number of benzene rings is 2. The van der Waals surface area contributed by atoms with Crippen molar-refractivity contribution in [3.8, 4) is 11.4 Å². The molecule has 26 heavy (non-hydrogen) atoms. The SMILES string of the molecule is Cc1ccc(NC(=O)[C@@H](C)Oc2ccc(Cl)cc2Cl)cc1-n1cnnn1. The van der Waals surface area contributed by atoms with Crippen LogP contribution in [0.1, 0.15) is 12.5 Å². The number of halogens is 2. The van der Waals surface area contributed by atoms with Crippen molar-refractivity contribution >= 4 is 34.8 Å². The molecule has 0 aliphatic heterocycles. The number of aryl methyl sites for hydroxylation is 1. The number of amides is 1. The van der Waals surface area contributed by atoms with Crippen LogP contribution < -0.4 is 10.1 Å². The second kappa shape index (κ2) is 7.72. The number of nitrogens with one attached hydrogen (secondary N) is 1. The van der Waals surface area contributed by atoms with Crippen molar-refractivity contribution in [2.45, 2.75) is 20.0 Å². The third kappa shape index (κ3) is 4.12. The summed E-state index contributed by atoms with van der Waals surface area (Å²) < 4.78 is 7.15. The van der Waals surface area contributed by atoms with Crippen LogP contribution in [-0.2, 0) is 4.79 Å². The van der Waals surface area contributed by atoms with Crippen molar-refractivity contribution in [1.29, 1.82) is 0 Å². The van der Waals surface area contributed by atoms with Crippen molar-refractivity contribution in [1.82, 2.24) is 20.2 Å². The molecule has 0 saturated carbocycles. The normalized spacial score (nSPS) is 11.8. The maximum atomic E-state index is 12.4. The molecule has 0 radical (unpaired) electrons. The molecule has 1 amide bonds. The average Bonchev–Trinajstić information content (AvgIpc) is 3.13. The Labute approximate surface area is 159 Å². The number of anilines is 1. The van der Waals surface area contributed by atoms with E-state index in [0.29, 0.717) is 21.5 Å². The van der Waals surface area contributed by atoms with Gasteiger partial charge in [-0.25, -0.2) is 4.68 Å². The molecule has 0 fully saturated rings. The molecule has 0 spiro atoms. The zero-order valence-electron chi connectivity index (χ0n) is 14.0. The molecule has 0 saturated heterocycles. The van der Waals surface area contributed by atoms with Crippen LogP contribution in [0.3, 0.4) is 0 Å². The van der Waals surface area contributed by atoms with E-state index in [1.807, 2.05) is 13.0 Å². The molecule has 134 valence electrons. The number of hydrogen-bond donors (Lipinski definition) is 1. The van der Waals surface area contributed by atoms with E-state index in [0.717, 1.165) is 11.3 Å². The van der Waals surface area contributed by atoms with Crippen LogP contribution >= 0.6 is 23.2 Å². The summed E-state index contributed by atoms with van der Waals surface area (Å²) >= 11 is 11.9. The van der Waals surface area contributed by atoms with E-state index in [4.69, 9.17) is 27.9 Å². The first-order chi connectivity index (χ1) is 12.4. The van der Waals surface area contributed by atoms with Crippen LogP contribution in [0.4, 0.5) is 5.69 Å². The first kappa shape index (κ1) is 18.2. The molecule has 1 atom stereocenters. The zero-order valence-corrected chi connectivity index (χ0v) is 15.5. The predicted molar refractivity (Wildman–Crippen MR) is 99.1 cm³/mol. The van der Waals surface area contributed by atoms with E-state index in [2.05, 4.69) is 20.8 Å². The maximum Gasteiger partial charge on any atom is 0.265 e. The van der Waals surface area contributed by atoms with Crippen molar-refractivity contribution in [3.63, 3.8) is 0 Å². The van der Waals surface area contributed by atoms with E-state index >= 15 is 0 Å². The van der Waals surface area contributed by atoms with Crippen molar-refractivity contribution in [3.05, 3.63) is 58.3 Å². The lowest BCUT2D eigenvalue weighted by atomic mass is 10.1.